The normalized spacial score (nSPS) is 11.0. The molecule has 4 heteroatoms. The third-order valence-corrected chi connectivity index (χ3v) is 2.82. The molecule has 0 N–H and O–H groups in total. The zero-order valence-electron chi connectivity index (χ0n) is 9.64. The molecule has 0 aliphatic carbocycles. The quantitative estimate of drug-likeness (QED) is 0.484. The van der Waals surface area contributed by atoms with E-state index in [-0.39, 0.29) is 11.3 Å². The summed E-state index contributed by atoms with van der Waals surface area (Å²) < 4.78 is 13.6. The van der Waals surface area contributed by atoms with Crippen molar-refractivity contribution in [2.24, 2.45) is 0 Å². The van der Waals surface area contributed by atoms with E-state index < -0.39 is 5.82 Å². The third kappa shape index (κ3) is 1.62. The van der Waals surface area contributed by atoms with Crippen LogP contribution in [0, 0.1) is 5.82 Å². The summed E-state index contributed by atoms with van der Waals surface area (Å²) in [6.07, 6.45) is 0. The summed E-state index contributed by atoms with van der Waals surface area (Å²) in [6.45, 7) is 1.48. The number of fused-ring (bicyclic) bond motifs is 2. The molecule has 3 rings (SSSR count). The summed E-state index contributed by atoms with van der Waals surface area (Å²) in [4.78, 5) is 19.9. The number of carbonyl (C=O) groups is 1. The molecule has 1 heterocycles. The molecule has 0 spiro atoms. The van der Waals surface area contributed by atoms with Gasteiger partial charge in [0.15, 0.2) is 11.6 Å². The van der Waals surface area contributed by atoms with Crippen LogP contribution in [-0.2, 0) is 0 Å². The lowest BCUT2D eigenvalue weighted by Crippen LogP contribution is -1.95. The highest BCUT2D eigenvalue weighted by Crippen LogP contribution is 2.19. The minimum Gasteiger partial charge on any atom is -0.295 e. The van der Waals surface area contributed by atoms with E-state index in [4.69, 9.17) is 0 Å². The fraction of sp³-hybridized carbons (Fsp3) is 0.0714. The van der Waals surface area contributed by atoms with Crippen molar-refractivity contribution in [2.45, 2.75) is 6.92 Å². The number of carbonyl (C=O) groups excluding carboxylic acids is 1. The second-order valence-corrected chi connectivity index (χ2v) is 4.09. The zero-order chi connectivity index (χ0) is 12.7. The molecule has 0 fully saturated rings. The number of ketones is 1. The Morgan fingerprint density at radius 1 is 1.06 bits per heavy atom. The topological polar surface area (TPSA) is 42.9 Å². The van der Waals surface area contributed by atoms with Gasteiger partial charge in [0.25, 0.3) is 0 Å². The average Bonchev–Trinajstić information content (AvgIpc) is 2.36. The molecule has 0 saturated heterocycles. The largest absolute Gasteiger partial charge is 0.295 e. The number of hydrogen-bond donors (Lipinski definition) is 0. The summed E-state index contributed by atoms with van der Waals surface area (Å²) in [5.74, 6) is -0.456. The average molecular weight is 240 g/mol. The van der Waals surface area contributed by atoms with Crippen molar-refractivity contribution in [1.82, 2.24) is 9.97 Å². The number of halogens is 1. The summed E-state index contributed by atoms with van der Waals surface area (Å²) in [7, 11) is 0. The first-order valence-corrected chi connectivity index (χ1v) is 5.52. The van der Waals surface area contributed by atoms with Crippen molar-refractivity contribution in [3.05, 3.63) is 47.8 Å². The standard InChI is InChI=1S/C14H9FN2O/c1-8(18)9-5-6-11-13(7-9)17-14-10(15)3-2-4-12(14)16-11/h2-7H,1H3. The van der Waals surface area contributed by atoms with Crippen molar-refractivity contribution >= 4 is 27.9 Å². The van der Waals surface area contributed by atoms with Crippen LogP contribution in [-0.4, -0.2) is 15.8 Å². The van der Waals surface area contributed by atoms with Gasteiger partial charge >= 0.3 is 0 Å². The minimum absolute atomic E-state index is 0.0488. The number of nitrogens with zero attached hydrogens (tertiary/aromatic N) is 2. The Hall–Kier alpha value is -2.36. The van der Waals surface area contributed by atoms with E-state index in [0.29, 0.717) is 22.1 Å². The number of benzene rings is 2. The molecule has 0 saturated carbocycles. The van der Waals surface area contributed by atoms with Crippen LogP contribution in [0.1, 0.15) is 17.3 Å². The summed E-state index contributed by atoms with van der Waals surface area (Å²) in [6, 6.07) is 9.72. The van der Waals surface area contributed by atoms with E-state index in [1.54, 1.807) is 30.3 Å². The molecule has 0 amide bonds. The number of Topliss-reactive ketones (excluding diaryl/α,β-unsaturated/α-hetero) is 1. The summed E-state index contributed by atoms with van der Waals surface area (Å²) in [5.41, 5.74) is 2.47. The lowest BCUT2D eigenvalue weighted by molar-refractivity contribution is 0.101. The van der Waals surface area contributed by atoms with E-state index in [1.165, 1.54) is 13.0 Å². The Balaban J connectivity index is 2.39. The molecule has 3 aromatic rings. The van der Waals surface area contributed by atoms with Crippen LogP contribution in [0.4, 0.5) is 4.39 Å². The van der Waals surface area contributed by atoms with E-state index in [9.17, 15) is 9.18 Å². The molecule has 0 aliphatic heterocycles. The molecule has 88 valence electrons. The lowest BCUT2D eigenvalue weighted by atomic mass is 10.1. The Kier molecular flexibility index (Phi) is 2.30. The van der Waals surface area contributed by atoms with Gasteiger partial charge in [-0.1, -0.05) is 6.07 Å². The molecule has 3 nitrogen and oxygen atoms in total. The fourth-order valence-electron chi connectivity index (χ4n) is 1.88. The fourth-order valence-corrected chi connectivity index (χ4v) is 1.88. The zero-order valence-corrected chi connectivity index (χ0v) is 9.64. The van der Waals surface area contributed by atoms with Crippen LogP contribution in [0.5, 0.6) is 0 Å². The Bertz CT molecular complexity index is 783. The predicted octanol–water partition coefficient (Wildman–Crippen LogP) is 3.12. The number of aromatic nitrogens is 2. The lowest BCUT2D eigenvalue weighted by Gasteiger charge is -2.03. The number of hydrogen-bond acceptors (Lipinski definition) is 3. The molecule has 0 bridgehead atoms. The van der Waals surface area contributed by atoms with Gasteiger partial charge in [-0.2, -0.15) is 0 Å². The molecule has 0 aliphatic rings. The van der Waals surface area contributed by atoms with Gasteiger partial charge in [0.1, 0.15) is 5.52 Å². The Morgan fingerprint density at radius 3 is 2.67 bits per heavy atom. The van der Waals surface area contributed by atoms with E-state index in [2.05, 4.69) is 9.97 Å². The van der Waals surface area contributed by atoms with Crippen LogP contribution in [0.2, 0.25) is 0 Å². The molecule has 0 radical (unpaired) electrons. The monoisotopic (exact) mass is 240 g/mol. The minimum atomic E-state index is -0.407. The van der Waals surface area contributed by atoms with Crippen LogP contribution in [0.3, 0.4) is 0 Å². The molecule has 18 heavy (non-hydrogen) atoms. The van der Waals surface area contributed by atoms with Gasteiger partial charge in [-0.15, -0.1) is 0 Å². The van der Waals surface area contributed by atoms with E-state index >= 15 is 0 Å². The van der Waals surface area contributed by atoms with Gasteiger partial charge < -0.3 is 0 Å². The van der Waals surface area contributed by atoms with E-state index in [0.717, 1.165) is 0 Å². The van der Waals surface area contributed by atoms with E-state index in [1.807, 2.05) is 0 Å². The first-order chi connectivity index (χ1) is 8.65. The van der Waals surface area contributed by atoms with Crippen LogP contribution >= 0.6 is 0 Å². The van der Waals surface area contributed by atoms with Crippen molar-refractivity contribution in [3.8, 4) is 0 Å². The van der Waals surface area contributed by atoms with Gasteiger partial charge in [-0.25, -0.2) is 14.4 Å². The Morgan fingerprint density at radius 2 is 1.89 bits per heavy atom. The maximum absolute atomic E-state index is 13.6. The van der Waals surface area contributed by atoms with Crippen LogP contribution < -0.4 is 0 Å². The van der Waals surface area contributed by atoms with Gasteiger partial charge in [-0.3, -0.25) is 4.79 Å². The van der Waals surface area contributed by atoms with Gasteiger partial charge in [-0.05, 0) is 37.3 Å². The van der Waals surface area contributed by atoms with Gasteiger partial charge in [0.2, 0.25) is 0 Å². The molecule has 0 unspecified atom stereocenters. The molecule has 1 aromatic heterocycles. The molecular formula is C14H9FN2O. The smallest absolute Gasteiger partial charge is 0.159 e. The molecular weight excluding hydrogens is 231 g/mol. The maximum Gasteiger partial charge on any atom is 0.159 e. The second-order valence-electron chi connectivity index (χ2n) is 4.09. The van der Waals surface area contributed by atoms with Crippen molar-refractivity contribution < 1.29 is 9.18 Å². The molecule has 2 aromatic carbocycles. The van der Waals surface area contributed by atoms with Gasteiger partial charge in [0.05, 0.1) is 16.6 Å². The van der Waals surface area contributed by atoms with Crippen molar-refractivity contribution in [1.29, 1.82) is 0 Å². The predicted molar refractivity (Wildman–Crippen MR) is 67.0 cm³/mol. The van der Waals surface area contributed by atoms with Crippen LogP contribution in [0.25, 0.3) is 22.1 Å². The highest BCUT2D eigenvalue weighted by molar-refractivity contribution is 5.98. The molecule has 0 atom stereocenters. The highest BCUT2D eigenvalue weighted by Gasteiger charge is 2.07. The second kappa shape index (κ2) is 3.84. The summed E-state index contributed by atoms with van der Waals surface area (Å²) >= 11 is 0. The van der Waals surface area contributed by atoms with Crippen molar-refractivity contribution in [2.75, 3.05) is 0 Å². The third-order valence-electron chi connectivity index (χ3n) is 2.82. The number of rotatable bonds is 1. The highest BCUT2D eigenvalue weighted by atomic mass is 19.1. The van der Waals surface area contributed by atoms with Crippen LogP contribution in [0.15, 0.2) is 36.4 Å². The van der Waals surface area contributed by atoms with Gasteiger partial charge in [0, 0.05) is 5.56 Å². The Labute approximate surface area is 102 Å². The first-order valence-electron chi connectivity index (χ1n) is 5.52. The SMILES string of the molecule is CC(=O)c1ccc2nc3cccc(F)c3nc2c1. The summed E-state index contributed by atoms with van der Waals surface area (Å²) in [5, 5.41) is 0. The number of para-hydroxylation sites is 1. The first kappa shape index (κ1) is 10.8. The van der Waals surface area contributed by atoms with Crippen molar-refractivity contribution in [3.63, 3.8) is 0 Å². The maximum atomic E-state index is 13.6.